The Hall–Kier alpha value is -1.61. The Kier molecular flexibility index (Phi) is 3.29. The number of hydrogen-bond acceptors (Lipinski definition) is 1. The highest BCUT2D eigenvalue weighted by Gasteiger charge is 2.09. The standard InChI is InChI=1S/C13H9ClF2O/c1-17-11-2-3-13(16)12(7-11)8-4-9(14)6-10(15)5-8/h2-7H,1H3. The van der Waals surface area contributed by atoms with E-state index >= 15 is 0 Å². The van der Waals surface area contributed by atoms with E-state index in [1.165, 1.54) is 43.5 Å². The molecular weight excluding hydrogens is 246 g/mol. The minimum Gasteiger partial charge on any atom is -0.497 e. The van der Waals surface area contributed by atoms with Gasteiger partial charge in [-0.25, -0.2) is 8.78 Å². The number of methoxy groups -OCH3 is 1. The molecule has 0 saturated carbocycles. The van der Waals surface area contributed by atoms with Crippen LogP contribution in [0.5, 0.6) is 5.75 Å². The maximum absolute atomic E-state index is 13.6. The second kappa shape index (κ2) is 4.72. The predicted molar refractivity (Wildman–Crippen MR) is 63.4 cm³/mol. The van der Waals surface area contributed by atoms with Crippen LogP contribution < -0.4 is 4.74 Å². The Morgan fingerprint density at radius 2 is 1.82 bits per heavy atom. The van der Waals surface area contributed by atoms with Crippen LogP contribution in [-0.4, -0.2) is 7.11 Å². The van der Waals surface area contributed by atoms with E-state index in [2.05, 4.69) is 0 Å². The summed E-state index contributed by atoms with van der Waals surface area (Å²) in [5, 5.41) is 0.224. The SMILES string of the molecule is COc1ccc(F)c(-c2cc(F)cc(Cl)c2)c1. The molecule has 0 bridgehead atoms. The molecule has 4 heteroatoms. The van der Waals surface area contributed by atoms with E-state index in [9.17, 15) is 8.78 Å². The monoisotopic (exact) mass is 254 g/mol. The van der Waals surface area contributed by atoms with Gasteiger partial charge in [-0.05, 0) is 42.0 Å². The van der Waals surface area contributed by atoms with Crippen LogP contribution in [0.3, 0.4) is 0 Å². The van der Waals surface area contributed by atoms with Crippen molar-refractivity contribution in [3.8, 4) is 16.9 Å². The zero-order valence-corrected chi connectivity index (χ0v) is 9.76. The summed E-state index contributed by atoms with van der Waals surface area (Å²) in [4.78, 5) is 0. The van der Waals surface area contributed by atoms with Crippen molar-refractivity contribution in [1.29, 1.82) is 0 Å². The summed E-state index contributed by atoms with van der Waals surface area (Å²) in [5.74, 6) is -0.455. The highest BCUT2D eigenvalue weighted by Crippen LogP contribution is 2.29. The van der Waals surface area contributed by atoms with E-state index in [-0.39, 0.29) is 10.6 Å². The van der Waals surface area contributed by atoms with Gasteiger partial charge in [0.15, 0.2) is 0 Å². The Morgan fingerprint density at radius 3 is 2.47 bits per heavy atom. The maximum Gasteiger partial charge on any atom is 0.131 e. The van der Waals surface area contributed by atoms with Gasteiger partial charge in [-0.1, -0.05) is 11.6 Å². The molecular formula is C13H9ClF2O. The van der Waals surface area contributed by atoms with Gasteiger partial charge in [0.05, 0.1) is 7.11 Å². The lowest BCUT2D eigenvalue weighted by atomic mass is 10.0. The molecule has 0 fully saturated rings. The minimum atomic E-state index is -0.505. The van der Waals surface area contributed by atoms with Crippen molar-refractivity contribution in [3.05, 3.63) is 53.1 Å². The molecule has 1 nitrogen and oxygen atoms in total. The van der Waals surface area contributed by atoms with Gasteiger partial charge in [0.25, 0.3) is 0 Å². The molecule has 0 spiro atoms. The third-order valence-electron chi connectivity index (χ3n) is 2.35. The van der Waals surface area contributed by atoms with E-state index in [4.69, 9.17) is 16.3 Å². The number of benzene rings is 2. The van der Waals surface area contributed by atoms with E-state index in [0.29, 0.717) is 11.3 Å². The van der Waals surface area contributed by atoms with E-state index in [1.54, 1.807) is 0 Å². The number of ether oxygens (including phenoxy) is 1. The van der Waals surface area contributed by atoms with Crippen LogP contribution in [0.2, 0.25) is 5.02 Å². The van der Waals surface area contributed by atoms with Gasteiger partial charge in [0.1, 0.15) is 17.4 Å². The molecule has 0 aliphatic carbocycles. The highest BCUT2D eigenvalue weighted by atomic mass is 35.5. The average Bonchev–Trinajstić information content (AvgIpc) is 2.28. The molecule has 88 valence electrons. The molecule has 0 N–H and O–H groups in total. The highest BCUT2D eigenvalue weighted by molar-refractivity contribution is 6.30. The van der Waals surface area contributed by atoms with E-state index in [1.807, 2.05) is 0 Å². The molecule has 2 aromatic rings. The Balaban J connectivity index is 2.58. The van der Waals surface area contributed by atoms with Gasteiger partial charge in [0.2, 0.25) is 0 Å². The van der Waals surface area contributed by atoms with Crippen molar-refractivity contribution in [2.75, 3.05) is 7.11 Å². The zero-order chi connectivity index (χ0) is 12.4. The summed E-state index contributed by atoms with van der Waals surface area (Å²) in [6, 6.07) is 8.17. The third-order valence-corrected chi connectivity index (χ3v) is 2.57. The van der Waals surface area contributed by atoms with Crippen LogP contribution in [-0.2, 0) is 0 Å². The Morgan fingerprint density at radius 1 is 1.06 bits per heavy atom. The molecule has 0 unspecified atom stereocenters. The number of halogens is 3. The van der Waals surface area contributed by atoms with Gasteiger partial charge in [-0.2, -0.15) is 0 Å². The summed E-state index contributed by atoms with van der Waals surface area (Å²) in [6.45, 7) is 0. The van der Waals surface area contributed by atoms with Crippen molar-refractivity contribution < 1.29 is 13.5 Å². The predicted octanol–water partition coefficient (Wildman–Crippen LogP) is 4.29. The molecule has 17 heavy (non-hydrogen) atoms. The summed E-state index contributed by atoms with van der Waals surface area (Å²) in [5.41, 5.74) is 0.636. The van der Waals surface area contributed by atoms with Crippen molar-refractivity contribution in [2.24, 2.45) is 0 Å². The second-order valence-corrected chi connectivity index (χ2v) is 3.94. The lowest BCUT2D eigenvalue weighted by Gasteiger charge is -2.07. The maximum atomic E-state index is 13.6. The molecule has 0 aromatic heterocycles. The summed E-state index contributed by atoms with van der Waals surface area (Å²) >= 11 is 5.73. The molecule has 0 amide bonds. The lowest BCUT2D eigenvalue weighted by Crippen LogP contribution is -1.89. The zero-order valence-electron chi connectivity index (χ0n) is 9.01. The van der Waals surface area contributed by atoms with E-state index < -0.39 is 11.6 Å². The van der Waals surface area contributed by atoms with E-state index in [0.717, 1.165) is 0 Å². The first-order chi connectivity index (χ1) is 8.10. The van der Waals surface area contributed by atoms with Crippen LogP contribution in [0.4, 0.5) is 8.78 Å². The fourth-order valence-corrected chi connectivity index (χ4v) is 1.78. The second-order valence-electron chi connectivity index (χ2n) is 3.50. The van der Waals surface area contributed by atoms with Gasteiger partial charge in [-0.15, -0.1) is 0 Å². The number of hydrogen-bond donors (Lipinski definition) is 0. The van der Waals surface area contributed by atoms with Crippen LogP contribution in [0.15, 0.2) is 36.4 Å². The van der Waals surface area contributed by atoms with Crippen molar-refractivity contribution in [1.82, 2.24) is 0 Å². The summed E-state index contributed by atoms with van der Waals surface area (Å²) in [7, 11) is 1.48. The molecule has 2 aromatic carbocycles. The van der Waals surface area contributed by atoms with Crippen molar-refractivity contribution >= 4 is 11.6 Å². The smallest absolute Gasteiger partial charge is 0.131 e. The van der Waals surface area contributed by atoms with Crippen LogP contribution in [0.25, 0.3) is 11.1 Å². The normalized spacial score (nSPS) is 10.4. The first-order valence-corrected chi connectivity index (χ1v) is 5.28. The molecule has 0 heterocycles. The molecule has 0 radical (unpaired) electrons. The lowest BCUT2D eigenvalue weighted by molar-refractivity contribution is 0.414. The Labute approximate surface area is 103 Å². The van der Waals surface area contributed by atoms with Gasteiger partial charge in [0, 0.05) is 10.6 Å². The van der Waals surface area contributed by atoms with Crippen LogP contribution in [0, 0.1) is 11.6 Å². The molecule has 0 atom stereocenters. The van der Waals surface area contributed by atoms with Gasteiger partial charge < -0.3 is 4.74 Å². The average molecular weight is 255 g/mol. The number of rotatable bonds is 2. The first-order valence-electron chi connectivity index (χ1n) is 4.90. The molecule has 2 rings (SSSR count). The molecule has 0 aliphatic heterocycles. The quantitative estimate of drug-likeness (QED) is 0.777. The third kappa shape index (κ3) is 2.56. The molecule has 0 aliphatic rings. The summed E-state index contributed by atoms with van der Waals surface area (Å²) in [6.07, 6.45) is 0. The summed E-state index contributed by atoms with van der Waals surface area (Å²) < 4.78 is 31.8. The molecule has 0 saturated heterocycles. The van der Waals surface area contributed by atoms with Gasteiger partial charge in [-0.3, -0.25) is 0 Å². The minimum absolute atomic E-state index is 0.224. The van der Waals surface area contributed by atoms with Crippen LogP contribution in [0.1, 0.15) is 0 Å². The van der Waals surface area contributed by atoms with Crippen LogP contribution >= 0.6 is 11.6 Å². The first kappa shape index (κ1) is 11.9. The Bertz CT molecular complexity index is 535. The fourth-order valence-electron chi connectivity index (χ4n) is 1.56. The largest absolute Gasteiger partial charge is 0.497 e. The van der Waals surface area contributed by atoms with Crippen molar-refractivity contribution in [3.63, 3.8) is 0 Å². The topological polar surface area (TPSA) is 9.23 Å². The van der Waals surface area contributed by atoms with Crippen molar-refractivity contribution in [2.45, 2.75) is 0 Å². The fraction of sp³-hybridized carbons (Fsp3) is 0.0769. The van der Waals surface area contributed by atoms with Gasteiger partial charge >= 0.3 is 0 Å².